The lowest BCUT2D eigenvalue weighted by molar-refractivity contribution is 0.322. The van der Waals surface area contributed by atoms with Crippen LogP contribution in [0.25, 0.3) is 0 Å². The Labute approximate surface area is 131 Å². The predicted molar refractivity (Wildman–Crippen MR) is 89.1 cm³/mol. The Morgan fingerprint density at radius 2 is 1.95 bits per heavy atom. The third kappa shape index (κ3) is 5.26. The van der Waals surface area contributed by atoms with Crippen molar-refractivity contribution in [3.8, 4) is 5.75 Å². The summed E-state index contributed by atoms with van der Waals surface area (Å²) >= 11 is 0. The standard InChI is InChI=1S/C16H21N2O3P/c1-12-3-5-14(6-4-12)8-10-21-15-7-9-17-16(11-15)18-13(2)22(19)20/h3-7,9,11,13,19-20H,8,10H2,1-2H3,(H,17,18). The van der Waals surface area contributed by atoms with Crippen molar-refractivity contribution in [1.82, 2.24) is 4.98 Å². The Bertz CT molecular complexity index is 590. The van der Waals surface area contributed by atoms with E-state index in [1.807, 2.05) is 0 Å². The topological polar surface area (TPSA) is 74.6 Å². The summed E-state index contributed by atoms with van der Waals surface area (Å²) in [7, 11) is -2.03. The smallest absolute Gasteiger partial charge is 0.188 e. The lowest BCUT2D eigenvalue weighted by Gasteiger charge is -2.15. The van der Waals surface area contributed by atoms with Gasteiger partial charge in [0.1, 0.15) is 11.6 Å². The van der Waals surface area contributed by atoms with Crippen molar-refractivity contribution in [3.63, 3.8) is 0 Å². The first kappa shape index (κ1) is 16.7. The molecule has 3 N–H and O–H groups in total. The number of ether oxygens (including phenoxy) is 1. The number of aryl methyl sites for hydroxylation is 1. The molecule has 0 aliphatic rings. The number of nitrogens with one attached hydrogen (secondary N) is 1. The molecule has 0 bridgehead atoms. The second-order valence-electron chi connectivity index (χ2n) is 5.10. The van der Waals surface area contributed by atoms with Gasteiger partial charge in [0.25, 0.3) is 0 Å². The quantitative estimate of drug-likeness (QED) is 0.684. The number of hydrogen-bond donors (Lipinski definition) is 3. The SMILES string of the molecule is Cc1ccc(CCOc2ccnc(NC(C)P(O)O)c2)cc1. The summed E-state index contributed by atoms with van der Waals surface area (Å²) in [6.45, 7) is 4.34. The fraction of sp³-hybridized carbons (Fsp3) is 0.312. The van der Waals surface area contributed by atoms with E-state index in [-0.39, 0.29) is 0 Å². The Balaban J connectivity index is 1.86. The lowest BCUT2D eigenvalue weighted by Crippen LogP contribution is -2.13. The van der Waals surface area contributed by atoms with Crippen molar-refractivity contribution in [3.05, 3.63) is 53.7 Å². The number of hydrogen-bond acceptors (Lipinski definition) is 5. The molecular formula is C16H21N2O3P. The molecule has 0 aliphatic heterocycles. The van der Waals surface area contributed by atoms with Crippen LogP contribution in [-0.2, 0) is 6.42 Å². The minimum atomic E-state index is -2.03. The van der Waals surface area contributed by atoms with E-state index in [4.69, 9.17) is 14.5 Å². The average Bonchev–Trinajstić information content (AvgIpc) is 2.49. The number of nitrogens with zero attached hydrogens (tertiary/aromatic N) is 1. The van der Waals surface area contributed by atoms with Crippen LogP contribution in [0.1, 0.15) is 18.1 Å². The molecule has 118 valence electrons. The zero-order valence-corrected chi connectivity index (χ0v) is 13.6. The van der Waals surface area contributed by atoms with Crippen LogP contribution in [0, 0.1) is 6.92 Å². The van der Waals surface area contributed by atoms with Crippen LogP contribution in [0.3, 0.4) is 0 Å². The molecule has 6 heteroatoms. The van der Waals surface area contributed by atoms with Crippen LogP contribution in [0.5, 0.6) is 5.75 Å². The van der Waals surface area contributed by atoms with E-state index >= 15 is 0 Å². The molecule has 5 nitrogen and oxygen atoms in total. The van der Waals surface area contributed by atoms with Crippen LogP contribution in [0.2, 0.25) is 0 Å². The highest BCUT2D eigenvalue weighted by Gasteiger charge is 2.11. The first-order chi connectivity index (χ1) is 10.5. The fourth-order valence-corrected chi connectivity index (χ4v) is 2.14. The molecule has 1 aromatic heterocycles. The molecule has 22 heavy (non-hydrogen) atoms. The fourth-order valence-electron chi connectivity index (χ4n) is 1.89. The van der Waals surface area contributed by atoms with Gasteiger partial charge in [0.15, 0.2) is 8.38 Å². The van der Waals surface area contributed by atoms with E-state index in [0.29, 0.717) is 18.2 Å². The summed E-state index contributed by atoms with van der Waals surface area (Å²) in [6, 6.07) is 11.9. The van der Waals surface area contributed by atoms with Crippen molar-refractivity contribution < 1.29 is 14.5 Å². The third-order valence-corrected chi connectivity index (χ3v) is 4.04. The van der Waals surface area contributed by atoms with E-state index in [1.165, 1.54) is 11.1 Å². The Hall–Kier alpha value is -1.68. The zero-order chi connectivity index (χ0) is 15.9. The molecule has 0 radical (unpaired) electrons. The molecule has 1 heterocycles. The van der Waals surface area contributed by atoms with Crippen molar-refractivity contribution in [2.24, 2.45) is 0 Å². The maximum Gasteiger partial charge on any atom is 0.188 e. The van der Waals surface area contributed by atoms with Crippen molar-refractivity contribution in [2.75, 3.05) is 11.9 Å². The average molecular weight is 320 g/mol. The van der Waals surface area contributed by atoms with Gasteiger partial charge >= 0.3 is 0 Å². The summed E-state index contributed by atoms with van der Waals surface area (Å²) in [6.07, 6.45) is 2.47. The highest BCUT2D eigenvalue weighted by Crippen LogP contribution is 2.31. The number of anilines is 1. The van der Waals surface area contributed by atoms with Crippen LogP contribution in [-0.4, -0.2) is 27.2 Å². The molecule has 0 saturated heterocycles. The molecule has 2 aromatic rings. The molecular weight excluding hydrogens is 299 g/mol. The van der Waals surface area contributed by atoms with Gasteiger partial charge < -0.3 is 19.8 Å². The first-order valence-electron chi connectivity index (χ1n) is 7.12. The molecule has 1 unspecified atom stereocenters. The summed E-state index contributed by atoms with van der Waals surface area (Å²) < 4.78 is 5.72. The highest BCUT2D eigenvalue weighted by molar-refractivity contribution is 7.46. The summed E-state index contributed by atoms with van der Waals surface area (Å²) in [5, 5.41) is 2.93. The van der Waals surface area contributed by atoms with Crippen LogP contribution < -0.4 is 10.1 Å². The second kappa shape index (κ2) is 8.08. The van der Waals surface area contributed by atoms with Crippen LogP contribution in [0.15, 0.2) is 42.6 Å². The Kier molecular flexibility index (Phi) is 6.13. The van der Waals surface area contributed by atoms with Crippen molar-refractivity contribution in [2.45, 2.75) is 26.1 Å². The number of aromatic nitrogens is 1. The van der Waals surface area contributed by atoms with Gasteiger partial charge in [-0.15, -0.1) is 0 Å². The molecule has 0 saturated carbocycles. The van der Waals surface area contributed by atoms with E-state index < -0.39 is 14.2 Å². The van der Waals surface area contributed by atoms with Gasteiger partial charge in [-0.2, -0.15) is 0 Å². The first-order valence-corrected chi connectivity index (χ1v) is 8.44. The van der Waals surface area contributed by atoms with Gasteiger partial charge in [-0.05, 0) is 25.5 Å². The summed E-state index contributed by atoms with van der Waals surface area (Å²) in [5.74, 6) is 0.832. The molecule has 0 fully saturated rings. The summed E-state index contributed by atoms with van der Waals surface area (Å²) in [5.41, 5.74) is 2.48. The molecule has 1 atom stereocenters. The van der Waals surface area contributed by atoms with E-state index in [9.17, 15) is 0 Å². The zero-order valence-electron chi connectivity index (χ0n) is 12.7. The second-order valence-corrected chi connectivity index (χ2v) is 6.52. The van der Waals surface area contributed by atoms with Crippen molar-refractivity contribution >= 4 is 14.2 Å². The van der Waals surface area contributed by atoms with Gasteiger partial charge in [0, 0.05) is 18.7 Å². The van der Waals surface area contributed by atoms with Gasteiger partial charge in [0.2, 0.25) is 0 Å². The van der Waals surface area contributed by atoms with E-state index in [1.54, 1.807) is 25.3 Å². The van der Waals surface area contributed by atoms with E-state index in [0.717, 1.165) is 6.42 Å². The molecule has 2 rings (SSSR count). The molecule has 0 spiro atoms. The third-order valence-electron chi connectivity index (χ3n) is 3.21. The van der Waals surface area contributed by atoms with Gasteiger partial charge in [-0.3, -0.25) is 0 Å². The van der Waals surface area contributed by atoms with E-state index in [2.05, 4.69) is 41.5 Å². The molecule has 1 aromatic carbocycles. The maximum atomic E-state index is 9.14. The van der Waals surface area contributed by atoms with Gasteiger partial charge in [0.05, 0.1) is 12.4 Å². The monoisotopic (exact) mass is 320 g/mol. The van der Waals surface area contributed by atoms with Crippen molar-refractivity contribution in [1.29, 1.82) is 0 Å². The minimum Gasteiger partial charge on any atom is -0.493 e. The maximum absolute atomic E-state index is 9.14. The number of rotatable bonds is 7. The van der Waals surface area contributed by atoms with Crippen LogP contribution in [0.4, 0.5) is 5.82 Å². The summed E-state index contributed by atoms with van der Waals surface area (Å²) in [4.78, 5) is 22.4. The molecule has 0 amide bonds. The largest absolute Gasteiger partial charge is 0.493 e. The van der Waals surface area contributed by atoms with Gasteiger partial charge in [-0.25, -0.2) is 4.98 Å². The molecule has 0 aliphatic carbocycles. The lowest BCUT2D eigenvalue weighted by atomic mass is 10.1. The predicted octanol–water partition coefficient (Wildman–Crippen LogP) is 3.07. The Morgan fingerprint density at radius 1 is 1.23 bits per heavy atom. The highest BCUT2D eigenvalue weighted by atomic mass is 31.2. The normalized spacial score (nSPS) is 12.2. The Morgan fingerprint density at radius 3 is 2.64 bits per heavy atom. The number of benzene rings is 1. The number of pyridine rings is 1. The van der Waals surface area contributed by atoms with Gasteiger partial charge in [-0.1, -0.05) is 29.8 Å². The van der Waals surface area contributed by atoms with Crippen LogP contribution >= 0.6 is 8.38 Å². The minimum absolute atomic E-state index is 0.440.